The number of benzene rings is 2. The number of hydrogen-bond donors (Lipinski definition) is 1. The molecule has 0 saturated heterocycles. The summed E-state index contributed by atoms with van der Waals surface area (Å²) in [5.74, 6) is -0.545. The third-order valence-corrected chi connectivity index (χ3v) is 5.25. The summed E-state index contributed by atoms with van der Waals surface area (Å²) < 4.78 is 29.5. The van der Waals surface area contributed by atoms with Crippen LogP contribution in [0, 0.1) is 0 Å². The summed E-state index contributed by atoms with van der Waals surface area (Å²) in [5, 5.41) is 5.28. The summed E-state index contributed by atoms with van der Waals surface area (Å²) in [6.07, 6.45) is 4.22. The molecule has 6 heteroatoms. The number of nitrogens with two attached hydrogens (primary N) is 1. The molecule has 0 aromatic heterocycles. The van der Waals surface area contributed by atoms with Crippen LogP contribution in [0.4, 0.5) is 0 Å². The highest BCUT2D eigenvalue weighted by Crippen LogP contribution is 2.43. The Labute approximate surface area is 152 Å². The van der Waals surface area contributed by atoms with Gasteiger partial charge in [-0.1, -0.05) is 55.1 Å². The van der Waals surface area contributed by atoms with E-state index in [-0.39, 0.29) is 10.5 Å². The van der Waals surface area contributed by atoms with Crippen LogP contribution < -0.4 is 5.14 Å². The van der Waals surface area contributed by atoms with Gasteiger partial charge in [-0.2, -0.15) is 0 Å². The number of sulfonamides is 1. The van der Waals surface area contributed by atoms with Crippen molar-refractivity contribution in [1.82, 2.24) is 0 Å². The van der Waals surface area contributed by atoms with E-state index in [2.05, 4.69) is 6.58 Å². The molecule has 2 aromatic carbocycles. The highest BCUT2D eigenvalue weighted by Gasteiger charge is 2.41. The van der Waals surface area contributed by atoms with Gasteiger partial charge in [0, 0.05) is 23.1 Å². The van der Waals surface area contributed by atoms with Crippen molar-refractivity contribution in [1.29, 1.82) is 0 Å². The Morgan fingerprint density at radius 2 is 1.92 bits per heavy atom. The highest BCUT2D eigenvalue weighted by atomic mass is 32.2. The Kier molecular flexibility index (Phi) is 4.56. The molecular formula is C20H19NO4S. The molecular weight excluding hydrogens is 350 g/mol. The number of carbonyl (C=O) groups excluding carboxylic acids is 1. The summed E-state index contributed by atoms with van der Waals surface area (Å²) in [5.41, 5.74) is 1.33. The van der Waals surface area contributed by atoms with E-state index in [1.54, 1.807) is 19.1 Å². The van der Waals surface area contributed by atoms with Crippen LogP contribution in [0.1, 0.15) is 30.0 Å². The molecule has 5 nitrogen and oxygen atoms in total. The van der Waals surface area contributed by atoms with Gasteiger partial charge >= 0.3 is 5.97 Å². The fourth-order valence-electron chi connectivity index (χ4n) is 3.07. The van der Waals surface area contributed by atoms with Crippen molar-refractivity contribution >= 4 is 22.1 Å². The summed E-state index contributed by atoms with van der Waals surface area (Å²) >= 11 is 0. The van der Waals surface area contributed by atoms with Crippen LogP contribution >= 0.6 is 0 Å². The fraction of sp³-hybridized carbons (Fsp3) is 0.150. The quantitative estimate of drug-likeness (QED) is 0.663. The molecule has 2 N–H and O–H groups in total. The lowest BCUT2D eigenvalue weighted by Crippen LogP contribution is -2.36. The smallest absolute Gasteiger partial charge is 0.334 e. The molecule has 1 atom stereocenters. The first-order chi connectivity index (χ1) is 12.2. The van der Waals surface area contributed by atoms with Gasteiger partial charge in [0.2, 0.25) is 10.0 Å². The van der Waals surface area contributed by atoms with E-state index >= 15 is 0 Å². The van der Waals surface area contributed by atoms with Gasteiger partial charge in [0.15, 0.2) is 5.60 Å². The predicted octanol–water partition coefficient (Wildman–Crippen LogP) is 3.11. The lowest BCUT2D eigenvalue weighted by molar-refractivity contribution is -0.151. The first-order valence-electron chi connectivity index (χ1n) is 8.02. The van der Waals surface area contributed by atoms with E-state index in [4.69, 9.17) is 9.88 Å². The first kappa shape index (κ1) is 18.1. The fourth-order valence-corrected chi connectivity index (χ4v) is 3.63. The Morgan fingerprint density at radius 3 is 2.62 bits per heavy atom. The monoisotopic (exact) mass is 369 g/mol. The van der Waals surface area contributed by atoms with Crippen LogP contribution in [0.15, 0.2) is 71.7 Å². The average Bonchev–Trinajstić information content (AvgIpc) is 2.61. The lowest BCUT2D eigenvalue weighted by atomic mass is 9.78. The average molecular weight is 369 g/mol. The maximum Gasteiger partial charge on any atom is 0.334 e. The second-order valence-corrected chi connectivity index (χ2v) is 7.82. The molecule has 0 spiro atoms. The molecule has 0 fully saturated rings. The van der Waals surface area contributed by atoms with E-state index < -0.39 is 21.6 Å². The van der Waals surface area contributed by atoms with Gasteiger partial charge in [0.05, 0.1) is 4.90 Å². The third-order valence-electron chi connectivity index (χ3n) is 4.34. The molecule has 134 valence electrons. The molecule has 0 saturated carbocycles. The van der Waals surface area contributed by atoms with Crippen LogP contribution in [0.5, 0.6) is 0 Å². The zero-order valence-electron chi connectivity index (χ0n) is 14.3. The van der Waals surface area contributed by atoms with Crippen LogP contribution in [0.3, 0.4) is 0 Å². The Hall–Kier alpha value is -2.70. The van der Waals surface area contributed by atoms with Gasteiger partial charge in [-0.15, -0.1) is 0 Å². The first-order valence-corrected chi connectivity index (χ1v) is 9.57. The Balaban J connectivity index is 2.26. The van der Waals surface area contributed by atoms with E-state index in [1.165, 1.54) is 12.1 Å². The predicted molar refractivity (Wildman–Crippen MR) is 99.6 cm³/mol. The summed E-state index contributed by atoms with van der Waals surface area (Å²) in [7, 11) is -3.89. The number of ether oxygens (including phenoxy) is 1. The topological polar surface area (TPSA) is 86.5 Å². The SMILES string of the molecule is C=C(C)C(=O)OC1(c2cccc(S(N)(=O)=O)c2)CC=Cc2ccccc21. The molecule has 0 amide bonds. The molecule has 3 rings (SSSR count). The van der Waals surface area contributed by atoms with Gasteiger partial charge < -0.3 is 4.74 Å². The number of rotatable bonds is 4. The molecule has 0 heterocycles. The van der Waals surface area contributed by atoms with Crippen LogP contribution in [0.2, 0.25) is 0 Å². The number of carbonyl (C=O) groups is 1. The zero-order valence-corrected chi connectivity index (χ0v) is 15.1. The van der Waals surface area contributed by atoms with Crippen molar-refractivity contribution in [2.75, 3.05) is 0 Å². The largest absolute Gasteiger partial charge is 0.446 e. The van der Waals surface area contributed by atoms with E-state index in [0.29, 0.717) is 12.0 Å². The minimum Gasteiger partial charge on any atom is -0.446 e. The van der Waals surface area contributed by atoms with E-state index in [0.717, 1.165) is 11.1 Å². The Bertz CT molecular complexity index is 1020. The van der Waals surface area contributed by atoms with Crippen molar-refractivity contribution in [3.8, 4) is 0 Å². The zero-order chi connectivity index (χ0) is 18.9. The van der Waals surface area contributed by atoms with Crippen molar-refractivity contribution < 1.29 is 17.9 Å². The van der Waals surface area contributed by atoms with Crippen LogP contribution in [0.25, 0.3) is 6.08 Å². The molecule has 2 aromatic rings. The molecule has 0 bridgehead atoms. The highest BCUT2D eigenvalue weighted by molar-refractivity contribution is 7.89. The van der Waals surface area contributed by atoms with Crippen molar-refractivity contribution in [3.05, 3.63) is 83.4 Å². The van der Waals surface area contributed by atoms with Gasteiger partial charge in [-0.05, 0) is 24.6 Å². The van der Waals surface area contributed by atoms with E-state index in [9.17, 15) is 13.2 Å². The summed E-state index contributed by atoms with van der Waals surface area (Å²) in [6, 6.07) is 13.7. The van der Waals surface area contributed by atoms with Gasteiger partial charge in [0.1, 0.15) is 0 Å². The van der Waals surface area contributed by atoms with Crippen LogP contribution in [-0.2, 0) is 25.2 Å². The second kappa shape index (κ2) is 6.55. The van der Waals surface area contributed by atoms with E-state index in [1.807, 2.05) is 36.4 Å². The van der Waals surface area contributed by atoms with Gasteiger partial charge in [0.25, 0.3) is 0 Å². The molecule has 0 radical (unpaired) electrons. The third kappa shape index (κ3) is 3.21. The molecule has 1 aliphatic rings. The molecule has 26 heavy (non-hydrogen) atoms. The number of fused-ring (bicyclic) bond motifs is 1. The number of primary sulfonamides is 1. The standard InChI is InChI=1S/C20H19NO4S/c1-14(2)19(22)25-20(12-6-8-15-7-3-4-11-18(15)20)16-9-5-10-17(13-16)26(21,23)24/h3-11,13H,1,12H2,2H3,(H2,21,23,24). The maximum atomic E-state index is 12.4. The molecule has 0 aliphatic heterocycles. The van der Waals surface area contributed by atoms with Crippen molar-refractivity contribution in [2.24, 2.45) is 5.14 Å². The van der Waals surface area contributed by atoms with Gasteiger partial charge in [-0.25, -0.2) is 18.4 Å². The lowest BCUT2D eigenvalue weighted by Gasteiger charge is -2.37. The normalized spacial score (nSPS) is 18.8. The Morgan fingerprint density at radius 1 is 1.19 bits per heavy atom. The van der Waals surface area contributed by atoms with Crippen LogP contribution in [-0.4, -0.2) is 14.4 Å². The minimum absolute atomic E-state index is 0.0345. The minimum atomic E-state index is -3.89. The maximum absolute atomic E-state index is 12.4. The summed E-state index contributed by atoms with van der Waals surface area (Å²) in [6.45, 7) is 5.22. The van der Waals surface area contributed by atoms with Crippen molar-refractivity contribution in [3.63, 3.8) is 0 Å². The molecule has 1 aliphatic carbocycles. The summed E-state index contributed by atoms with van der Waals surface area (Å²) in [4.78, 5) is 12.4. The number of hydrogen-bond acceptors (Lipinski definition) is 4. The van der Waals surface area contributed by atoms with Crippen molar-refractivity contribution in [2.45, 2.75) is 23.8 Å². The second-order valence-electron chi connectivity index (χ2n) is 6.26. The van der Waals surface area contributed by atoms with Gasteiger partial charge in [-0.3, -0.25) is 0 Å². The molecule has 1 unspecified atom stereocenters. The number of esters is 1.